The lowest BCUT2D eigenvalue weighted by Gasteiger charge is -2.11. The fraction of sp³-hybridized carbons (Fsp3) is 0.250. The van der Waals surface area contributed by atoms with Crippen LogP contribution in [0.2, 0.25) is 0 Å². The average molecular weight is 305 g/mol. The fourth-order valence-electron chi connectivity index (χ4n) is 1.96. The van der Waals surface area contributed by atoms with Crippen molar-refractivity contribution >= 4 is 10.0 Å². The van der Waals surface area contributed by atoms with Crippen molar-refractivity contribution in [1.82, 2.24) is 4.72 Å². The number of sulfonamides is 1. The quantitative estimate of drug-likeness (QED) is 0.924. The molecular weight excluding hydrogens is 286 g/mol. The lowest BCUT2D eigenvalue weighted by molar-refractivity contribution is 0.402. The van der Waals surface area contributed by atoms with Crippen LogP contribution in [0.25, 0.3) is 0 Å². The molecule has 0 aliphatic carbocycles. The molecule has 0 amide bonds. The van der Waals surface area contributed by atoms with Crippen LogP contribution in [0, 0.1) is 13.8 Å². The predicted octanol–water partition coefficient (Wildman–Crippen LogP) is 2.79. The van der Waals surface area contributed by atoms with Crippen molar-refractivity contribution in [2.24, 2.45) is 0 Å². The number of aryl methyl sites for hydroxylation is 2. The third kappa shape index (κ3) is 3.83. The van der Waals surface area contributed by atoms with E-state index in [-0.39, 0.29) is 11.4 Å². The van der Waals surface area contributed by atoms with Crippen LogP contribution in [-0.2, 0) is 16.6 Å². The topological polar surface area (TPSA) is 55.4 Å². The van der Waals surface area contributed by atoms with Gasteiger partial charge in [-0.3, -0.25) is 0 Å². The highest BCUT2D eigenvalue weighted by Crippen LogP contribution is 2.24. The van der Waals surface area contributed by atoms with Gasteiger partial charge < -0.3 is 4.74 Å². The van der Waals surface area contributed by atoms with Gasteiger partial charge in [-0.1, -0.05) is 35.9 Å². The summed E-state index contributed by atoms with van der Waals surface area (Å²) < 4.78 is 32.6. The molecule has 1 N–H and O–H groups in total. The summed E-state index contributed by atoms with van der Waals surface area (Å²) in [7, 11) is -2.15. The van der Waals surface area contributed by atoms with Crippen LogP contribution in [0.4, 0.5) is 0 Å². The van der Waals surface area contributed by atoms with E-state index in [4.69, 9.17) is 4.74 Å². The largest absolute Gasteiger partial charge is 0.495 e. The first-order valence-electron chi connectivity index (χ1n) is 6.62. The van der Waals surface area contributed by atoms with Gasteiger partial charge in [0, 0.05) is 6.54 Å². The second kappa shape index (κ2) is 6.28. The number of rotatable bonds is 5. The van der Waals surface area contributed by atoms with Gasteiger partial charge in [-0.05, 0) is 37.1 Å². The van der Waals surface area contributed by atoms with Crippen LogP contribution in [0.15, 0.2) is 47.4 Å². The Hall–Kier alpha value is -1.85. The van der Waals surface area contributed by atoms with Gasteiger partial charge in [0.05, 0.1) is 7.11 Å². The van der Waals surface area contributed by atoms with Gasteiger partial charge in [0.2, 0.25) is 10.0 Å². The van der Waals surface area contributed by atoms with Crippen molar-refractivity contribution < 1.29 is 13.2 Å². The van der Waals surface area contributed by atoms with E-state index in [1.54, 1.807) is 12.1 Å². The molecule has 0 heterocycles. The van der Waals surface area contributed by atoms with E-state index in [1.165, 1.54) is 7.11 Å². The zero-order valence-corrected chi connectivity index (χ0v) is 13.2. The zero-order valence-electron chi connectivity index (χ0n) is 12.4. The van der Waals surface area contributed by atoms with Crippen molar-refractivity contribution in [2.75, 3.05) is 7.11 Å². The maximum atomic E-state index is 12.4. The van der Waals surface area contributed by atoms with E-state index >= 15 is 0 Å². The van der Waals surface area contributed by atoms with Crippen LogP contribution in [0.5, 0.6) is 5.75 Å². The highest BCUT2D eigenvalue weighted by Gasteiger charge is 2.19. The molecule has 0 unspecified atom stereocenters. The first kappa shape index (κ1) is 15.5. The second-order valence-electron chi connectivity index (χ2n) is 4.96. The summed E-state index contributed by atoms with van der Waals surface area (Å²) in [6.07, 6.45) is 0. The smallest absolute Gasteiger partial charge is 0.244 e. The summed E-state index contributed by atoms with van der Waals surface area (Å²) in [5.41, 5.74) is 2.92. The molecule has 0 fully saturated rings. The van der Waals surface area contributed by atoms with E-state index in [9.17, 15) is 8.42 Å². The standard InChI is InChI=1S/C16H19NO3S/c1-12-4-7-14(8-5-12)11-17-21(18,19)16-10-13(2)6-9-15(16)20-3/h4-10,17H,11H2,1-3H3. The van der Waals surface area contributed by atoms with Gasteiger partial charge >= 0.3 is 0 Å². The Balaban J connectivity index is 2.22. The Labute approximate surface area is 125 Å². The minimum absolute atomic E-state index is 0.164. The molecule has 0 saturated carbocycles. The van der Waals surface area contributed by atoms with Gasteiger partial charge in [-0.2, -0.15) is 0 Å². The first-order valence-corrected chi connectivity index (χ1v) is 8.10. The van der Waals surface area contributed by atoms with Crippen LogP contribution in [0.3, 0.4) is 0 Å². The molecule has 2 aromatic carbocycles. The van der Waals surface area contributed by atoms with E-state index < -0.39 is 10.0 Å². The third-order valence-corrected chi connectivity index (χ3v) is 4.62. The molecule has 0 atom stereocenters. The summed E-state index contributed by atoms with van der Waals surface area (Å²) in [5.74, 6) is 0.344. The molecule has 0 bridgehead atoms. The predicted molar refractivity (Wildman–Crippen MR) is 82.9 cm³/mol. The summed E-state index contributed by atoms with van der Waals surface area (Å²) >= 11 is 0. The van der Waals surface area contributed by atoms with Gasteiger partial charge in [-0.15, -0.1) is 0 Å². The van der Waals surface area contributed by atoms with E-state index in [0.717, 1.165) is 16.7 Å². The summed E-state index contributed by atoms with van der Waals surface area (Å²) in [6.45, 7) is 4.09. The second-order valence-corrected chi connectivity index (χ2v) is 6.70. The van der Waals surface area contributed by atoms with Crippen molar-refractivity contribution in [3.05, 3.63) is 59.2 Å². The van der Waals surface area contributed by atoms with E-state index in [0.29, 0.717) is 5.75 Å². The summed E-state index contributed by atoms with van der Waals surface area (Å²) in [4.78, 5) is 0.164. The van der Waals surface area contributed by atoms with Crippen LogP contribution in [0.1, 0.15) is 16.7 Å². The summed E-state index contributed by atoms with van der Waals surface area (Å²) in [6, 6.07) is 12.8. The molecule has 112 valence electrons. The van der Waals surface area contributed by atoms with Crippen molar-refractivity contribution in [3.8, 4) is 5.75 Å². The highest BCUT2D eigenvalue weighted by molar-refractivity contribution is 7.89. The van der Waals surface area contributed by atoms with Gasteiger partial charge in [0.25, 0.3) is 0 Å². The molecule has 0 aliphatic heterocycles. The molecule has 4 nitrogen and oxygen atoms in total. The maximum absolute atomic E-state index is 12.4. The van der Waals surface area contributed by atoms with Gasteiger partial charge in [-0.25, -0.2) is 13.1 Å². The normalized spacial score (nSPS) is 11.4. The SMILES string of the molecule is COc1ccc(C)cc1S(=O)(=O)NCc1ccc(C)cc1. The van der Waals surface area contributed by atoms with Crippen LogP contribution < -0.4 is 9.46 Å². The molecular formula is C16H19NO3S. The number of hydrogen-bond donors (Lipinski definition) is 1. The third-order valence-electron chi connectivity index (χ3n) is 3.20. The number of nitrogens with one attached hydrogen (secondary N) is 1. The number of methoxy groups -OCH3 is 1. The minimum Gasteiger partial charge on any atom is -0.495 e. The molecule has 2 aromatic rings. The monoisotopic (exact) mass is 305 g/mol. The number of benzene rings is 2. The van der Waals surface area contributed by atoms with Crippen molar-refractivity contribution in [3.63, 3.8) is 0 Å². The van der Waals surface area contributed by atoms with E-state index in [2.05, 4.69) is 4.72 Å². The number of hydrogen-bond acceptors (Lipinski definition) is 3. The Bertz CT molecular complexity index is 722. The molecule has 0 spiro atoms. The Morgan fingerprint density at radius 3 is 2.24 bits per heavy atom. The lowest BCUT2D eigenvalue weighted by atomic mass is 10.2. The zero-order chi connectivity index (χ0) is 15.5. The maximum Gasteiger partial charge on any atom is 0.244 e. The van der Waals surface area contributed by atoms with Gasteiger partial charge in [0.15, 0.2) is 0 Å². The van der Waals surface area contributed by atoms with Gasteiger partial charge in [0.1, 0.15) is 10.6 Å². The summed E-state index contributed by atoms with van der Waals surface area (Å²) in [5, 5.41) is 0. The Morgan fingerprint density at radius 2 is 1.62 bits per heavy atom. The highest BCUT2D eigenvalue weighted by atomic mass is 32.2. The van der Waals surface area contributed by atoms with Crippen LogP contribution in [-0.4, -0.2) is 15.5 Å². The van der Waals surface area contributed by atoms with E-state index in [1.807, 2.05) is 44.2 Å². The molecule has 21 heavy (non-hydrogen) atoms. The molecule has 2 rings (SSSR count). The molecule has 5 heteroatoms. The fourth-order valence-corrected chi connectivity index (χ4v) is 3.23. The first-order chi connectivity index (χ1) is 9.92. The minimum atomic E-state index is -3.61. The molecule has 0 aliphatic rings. The Kier molecular flexibility index (Phi) is 4.65. The van der Waals surface area contributed by atoms with Crippen LogP contribution >= 0.6 is 0 Å². The number of ether oxygens (including phenoxy) is 1. The molecule has 0 radical (unpaired) electrons. The average Bonchev–Trinajstić information content (AvgIpc) is 2.47. The lowest BCUT2D eigenvalue weighted by Crippen LogP contribution is -2.23. The molecule has 0 aromatic heterocycles. The molecule has 0 saturated heterocycles. The van der Waals surface area contributed by atoms with Crippen molar-refractivity contribution in [1.29, 1.82) is 0 Å². The Morgan fingerprint density at radius 1 is 1.00 bits per heavy atom. The van der Waals surface area contributed by atoms with Crippen molar-refractivity contribution in [2.45, 2.75) is 25.3 Å².